The first-order valence-corrected chi connectivity index (χ1v) is 5.81. The molecule has 0 saturated heterocycles. The minimum atomic E-state index is -0.319. The predicted octanol–water partition coefficient (Wildman–Crippen LogP) is 2.42. The van der Waals surface area contributed by atoms with E-state index in [2.05, 4.69) is 0 Å². The lowest BCUT2D eigenvalue weighted by Crippen LogP contribution is -2.25. The topological polar surface area (TPSA) is 35.2 Å². The minimum absolute atomic E-state index is 0.209. The van der Waals surface area contributed by atoms with Crippen LogP contribution in [0, 0.1) is 17.7 Å². The first-order chi connectivity index (χ1) is 7.67. The third-order valence-electron chi connectivity index (χ3n) is 4.29. The van der Waals surface area contributed by atoms with E-state index in [1.54, 1.807) is 12.1 Å². The zero-order valence-corrected chi connectivity index (χ0v) is 9.37. The summed E-state index contributed by atoms with van der Waals surface area (Å²) >= 11 is 0. The van der Waals surface area contributed by atoms with Gasteiger partial charge in [-0.3, -0.25) is 0 Å². The van der Waals surface area contributed by atoms with Crippen molar-refractivity contribution in [3.8, 4) is 5.75 Å². The molecule has 1 aromatic rings. The SMILES string of the molecule is COc1cc(C2(N)C3CCCC32)ccc1F. The Bertz CT molecular complexity index is 422. The highest BCUT2D eigenvalue weighted by atomic mass is 19.1. The molecule has 2 unspecified atom stereocenters. The third-order valence-corrected chi connectivity index (χ3v) is 4.29. The zero-order chi connectivity index (χ0) is 11.3. The summed E-state index contributed by atoms with van der Waals surface area (Å²) in [6, 6.07) is 5.01. The van der Waals surface area contributed by atoms with Gasteiger partial charge in [-0.2, -0.15) is 0 Å². The molecule has 0 spiro atoms. The van der Waals surface area contributed by atoms with Crippen molar-refractivity contribution >= 4 is 0 Å². The Morgan fingerprint density at radius 3 is 2.69 bits per heavy atom. The number of ether oxygens (including phenoxy) is 1. The molecule has 0 heterocycles. The number of methoxy groups -OCH3 is 1. The van der Waals surface area contributed by atoms with Crippen molar-refractivity contribution in [1.29, 1.82) is 0 Å². The number of hydrogen-bond acceptors (Lipinski definition) is 2. The van der Waals surface area contributed by atoms with Gasteiger partial charge in [0.15, 0.2) is 11.6 Å². The highest BCUT2D eigenvalue weighted by Gasteiger charge is 2.64. The third kappa shape index (κ3) is 1.15. The lowest BCUT2D eigenvalue weighted by molar-refractivity contribution is 0.384. The van der Waals surface area contributed by atoms with E-state index in [-0.39, 0.29) is 11.4 Å². The van der Waals surface area contributed by atoms with E-state index >= 15 is 0 Å². The molecule has 86 valence electrons. The first-order valence-electron chi connectivity index (χ1n) is 5.81. The normalized spacial score (nSPS) is 35.9. The van der Waals surface area contributed by atoms with Gasteiger partial charge in [0, 0.05) is 5.54 Å². The van der Waals surface area contributed by atoms with Crippen LogP contribution in [0.3, 0.4) is 0 Å². The molecule has 0 aromatic heterocycles. The summed E-state index contributed by atoms with van der Waals surface area (Å²) < 4.78 is 18.3. The van der Waals surface area contributed by atoms with Gasteiger partial charge in [-0.25, -0.2) is 4.39 Å². The van der Waals surface area contributed by atoms with E-state index in [0.717, 1.165) is 5.56 Å². The van der Waals surface area contributed by atoms with Crippen LogP contribution in [0.2, 0.25) is 0 Å². The van der Waals surface area contributed by atoms with Crippen LogP contribution in [0.4, 0.5) is 4.39 Å². The summed E-state index contributed by atoms with van der Waals surface area (Å²) in [5.41, 5.74) is 7.23. The van der Waals surface area contributed by atoms with Crippen molar-refractivity contribution in [2.24, 2.45) is 17.6 Å². The molecule has 2 aliphatic rings. The van der Waals surface area contributed by atoms with Gasteiger partial charge in [-0.15, -0.1) is 0 Å². The standard InChI is InChI=1S/C13H16FNO/c1-16-12-7-8(5-6-11(12)14)13(15)9-3-2-4-10(9)13/h5-7,9-10H,2-4,15H2,1H3. The molecule has 3 rings (SSSR count). The molecule has 2 aliphatic carbocycles. The van der Waals surface area contributed by atoms with Crippen molar-refractivity contribution in [2.75, 3.05) is 7.11 Å². The summed E-state index contributed by atoms with van der Waals surface area (Å²) in [4.78, 5) is 0. The van der Waals surface area contributed by atoms with Crippen LogP contribution in [0.15, 0.2) is 18.2 Å². The second-order valence-corrected chi connectivity index (χ2v) is 4.93. The number of halogens is 1. The Morgan fingerprint density at radius 2 is 2.06 bits per heavy atom. The molecule has 0 bridgehead atoms. The Labute approximate surface area is 94.6 Å². The molecule has 0 amide bonds. The van der Waals surface area contributed by atoms with E-state index in [4.69, 9.17) is 10.5 Å². The Kier molecular flexibility index (Phi) is 2.02. The Hall–Kier alpha value is -1.09. The largest absolute Gasteiger partial charge is 0.494 e. The molecule has 2 N–H and O–H groups in total. The minimum Gasteiger partial charge on any atom is -0.494 e. The van der Waals surface area contributed by atoms with Crippen LogP contribution in [-0.4, -0.2) is 7.11 Å². The highest BCUT2D eigenvalue weighted by Crippen LogP contribution is 2.64. The summed E-state index contributed by atoms with van der Waals surface area (Å²) in [7, 11) is 1.49. The average Bonchev–Trinajstić information content (AvgIpc) is 2.69. The fourth-order valence-electron chi connectivity index (χ4n) is 3.36. The molecule has 2 saturated carbocycles. The van der Waals surface area contributed by atoms with E-state index in [1.807, 2.05) is 0 Å². The maximum Gasteiger partial charge on any atom is 0.165 e. The predicted molar refractivity (Wildman–Crippen MR) is 59.6 cm³/mol. The van der Waals surface area contributed by atoms with Gasteiger partial charge in [-0.1, -0.05) is 12.5 Å². The molecular formula is C13H16FNO. The Morgan fingerprint density at radius 1 is 1.38 bits per heavy atom. The molecule has 0 aliphatic heterocycles. The van der Waals surface area contributed by atoms with Crippen molar-refractivity contribution in [1.82, 2.24) is 0 Å². The van der Waals surface area contributed by atoms with E-state index in [9.17, 15) is 4.39 Å². The van der Waals surface area contributed by atoms with E-state index in [0.29, 0.717) is 17.6 Å². The molecule has 2 atom stereocenters. The molecule has 0 radical (unpaired) electrons. The van der Waals surface area contributed by atoms with Crippen molar-refractivity contribution in [3.63, 3.8) is 0 Å². The number of rotatable bonds is 2. The highest BCUT2D eigenvalue weighted by molar-refractivity contribution is 5.41. The second-order valence-electron chi connectivity index (χ2n) is 4.93. The number of nitrogens with two attached hydrogens (primary N) is 1. The van der Waals surface area contributed by atoms with Gasteiger partial charge >= 0.3 is 0 Å². The fraction of sp³-hybridized carbons (Fsp3) is 0.538. The summed E-state index contributed by atoms with van der Waals surface area (Å²) in [5, 5.41) is 0. The van der Waals surface area contributed by atoms with Crippen LogP contribution < -0.4 is 10.5 Å². The molecule has 1 aromatic carbocycles. The molecule has 2 nitrogen and oxygen atoms in total. The monoisotopic (exact) mass is 221 g/mol. The van der Waals surface area contributed by atoms with Crippen LogP contribution in [0.1, 0.15) is 24.8 Å². The van der Waals surface area contributed by atoms with Crippen LogP contribution in [-0.2, 0) is 5.54 Å². The van der Waals surface area contributed by atoms with Gasteiger partial charge in [-0.05, 0) is 42.4 Å². The molecule has 2 fully saturated rings. The van der Waals surface area contributed by atoms with Crippen molar-refractivity contribution < 1.29 is 9.13 Å². The van der Waals surface area contributed by atoms with Gasteiger partial charge in [0.2, 0.25) is 0 Å². The number of fused-ring (bicyclic) bond motifs is 1. The average molecular weight is 221 g/mol. The summed E-state index contributed by atoms with van der Waals surface area (Å²) in [6.07, 6.45) is 3.70. The lowest BCUT2D eigenvalue weighted by Gasteiger charge is -2.17. The quantitative estimate of drug-likeness (QED) is 0.832. The molecule has 3 heteroatoms. The van der Waals surface area contributed by atoms with Crippen LogP contribution >= 0.6 is 0 Å². The lowest BCUT2D eigenvalue weighted by atomic mass is 9.96. The maximum absolute atomic E-state index is 13.3. The molecular weight excluding hydrogens is 205 g/mol. The van der Waals surface area contributed by atoms with Crippen LogP contribution in [0.25, 0.3) is 0 Å². The number of benzene rings is 1. The van der Waals surface area contributed by atoms with Gasteiger partial charge in [0.1, 0.15) is 0 Å². The van der Waals surface area contributed by atoms with Gasteiger partial charge in [0.25, 0.3) is 0 Å². The van der Waals surface area contributed by atoms with E-state index < -0.39 is 0 Å². The van der Waals surface area contributed by atoms with Crippen LogP contribution in [0.5, 0.6) is 5.75 Å². The second kappa shape index (κ2) is 3.20. The maximum atomic E-state index is 13.3. The van der Waals surface area contributed by atoms with E-state index in [1.165, 1.54) is 32.4 Å². The van der Waals surface area contributed by atoms with Gasteiger partial charge in [0.05, 0.1) is 7.11 Å². The van der Waals surface area contributed by atoms with Crippen molar-refractivity contribution in [3.05, 3.63) is 29.6 Å². The first kappa shape index (κ1) is 10.1. The molecule has 16 heavy (non-hydrogen) atoms. The van der Waals surface area contributed by atoms with Gasteiger partial charge < -0.3 is 10.5 Å². The smallest absolute Gasteiger partial charge is 0.165 e. The number of hydrogen-bond donors (Lipinski definition) is 1. The summed E-state index contributed by atoms with van der Waals surface area (Å²) in [6.45, 7) is 0. The van der Waals surface area contributed by atoms with Crippen molar-refractivity contribution in [2.45, 2.75) is 24.8 Å². The zero-order valence-electron chi connectivity index (χ0n) is 9.37. The summed E-state index contributed by atoms with van der Waals surface area (Å²) in [5.74, 6) is 1.18. The fourth-order valence-corrected chi connectivity index (χ4v) is 3.36. The Balaban J connectivity index is 1.96.